The van der Waals surface area contributed by atoms with Gasteiger partial charge in [-0.15, -0.1) is 0 Å². The number of rotatable bonds is 4. The molecule has 2 heterocycles. The number of piperidine rings is 1. The highest BCUT2D eigenvalue weighted by atomic mass is 16.4. The van der Waals surface area contributed by atoms with E-state index in [1.165, 1.54) is 4.90 Å². The van der Waals surface area contributed by atoms with Crippen molar-refractivity contribution in [2.24, 2.45) is 0 Å². The van der Waals surface area contributed by atoms with E-state index in [9.17, 15) is 19.2 Å². The molecule has 1 spiro atoms. The van der Waals surface area contributed by atoms with Crippen molar-refractivity contribution < 1.29 is 24.3 Å². The van der Waals surface area contributed by atoms with Crippen LogP contribution in [0, 0.1) is 0 Å². The number of hydrogen-bond acceptors (Lipinski definition) is 4. The smallest absolute Gasteiger partial charge is 0.325 e. The van der Waals surface area contributed by atoms with Gasteiger partial charge in [-0.25, -0.2) is 4.79 Å². The molecule has 2 aliphatic heterocycles. The van der Waals surface area contributed by atoms with Crippen LogP contribution in [0.15, 0.2) is 0 Å². The Kier molecular flexibility index (Phi) is 4.39. The van der Waals surface area contributed by atoms with Crippen molar-refractivity contribution in [3.05, 3.63) is 0 Å². The van der Waals surface area contributed by atoms with Gasteiger partial charge in [-0.2, -0.15) is 0 Å². The first kappa shape index (κ1) is 16.3. The second-order valence-corrected chi connectivity index (χ2v) is 6.06. The predicted molar refractivity (Wildman–Crippen MR) is 75.9 cm³/mol. The Hall–Kier alpha value is -2.12. The van der Waals surface area contributed by atoms with Crippen molar-refractivity contribution in [3.63, 3.8) is 0 Å². The van der Waals surface area contributed by atoms with Gasteiger partial charge in [0.2, 0.25) is 5.91 Å². The van der Waals surface area contributed by atoms with Crippen molar-refractivity contribution in [1.29, 1.82) is 0 Å². The Morgan fingerprint density at radius 2 is 1.82 bits per heavy atom. The summed E-state index contributed by atoms with van der Waals surface area (Å²) in [7, 11) is 0. The van der Waals surface area contributed by atoms with Crippen LogP contribution < -0.4 is 5.32 Å². The Labute approximate surface area is 128 Å². The molecule has 8 nitrogen and oxygen atoms in total. The van der Waals surface area contributed by atoms with E-state index in [4.69, 9.17) is 5.11 Å². The van der Waals surface area contributed by atoms with Crippen LogP contribution in [0.2, 0.25) is 0 Å². The highest BCUT2D eigenvalue weighted by Crippen LogP contribution is 2.30. The molecule has 2 saturated heterocycles. The maximum atomic E-state index is 12.5. The van der Waals surface area contributed by atoms with E-state index in [1.54, 1.807) is 18.7 Å². The number of nitrogens with zero attached hydrogens (tertiary/aromatic N) is 2. The Morgan fingerprint density at radius 3 is 2.27 bits per heavy atom. The van der Waals surface area contributed by atoms with Gasteiger partial charge in [-0.05, 0) is 26.7 Å². The number of carbonyl (C=O) groups is 4. The van der Waals surface area contributed by atoms with Gasteiger partial charge in [0.15, 0.2) is 0 Å². The lowest BCUT2D eigenvalue weighted by molar-refractivity contribution is -0.142. The second-order valence-electron chi connectivity index (χ2n) is 6.06. The number of imide groups is 1. The number of aliphatic carboxylic acids is 1. The summed E-state index contributed by atoms with van der Waals surface area (Å²) in [5.41, 5.74) is -0.912. The Bertz CT molecular complexity index is 509. The van der Waals surface area contributed by atoms with Crippen LogP contribution in [0.4, 0.5) is 4.79 Å². The van der Waals surface area contributed by atoms with Gasteiger partial charge in [0.25, 0.3) is 5.91 Å². The summed E-state index contributed by atoms with van der Waals surface area (Å²) in [4.78, 5) is 49.6. The van der Waals surface area contributed by atoms with E-state index in [-0.39, 0.29) is 36.7 Å². The fourth-order valence-corrected chi connectivity index (χ4v) is 2.96. The van der Waals surface area contributed by atoms with Crippen LogP contribution in [0.25, 0.3) is 0 Å². The highest BCUT2D eigenvalue weighted by Gasteiger charge is 2.53. The van der Waals surface area contributed by atoms with Gasteiger partial charge in [-0.3, -0.25) is 19.3 Å². The van der Waals surface area contributed by atoms with Crippen LogP contribution in [-0.2, 0) is 14.4 Å². The minimum Gasteiger partial charge on any atom is -0.481 e. The summed E-state index contributed by atoms with van der Waals surface area (Å²) in [6.45, 7) is 4.24. The van der Waals surface area contributed by atoms with E-state index < -0.39 is 11.5 Å². The van der Waals surface area contributed by atoms with E-state index in [2.05, 4.69) is 5.32 Å². The van der Waals surface area contributed by atoms with Crippen molar-refractivity contribution >= 4 is 23.8 Å². The largest absolute Gasteiger partial charge is 0.481 e. The van der Waals surface area contributed by atoms with Crippen LogP contribution in [0.1, 0.15) is 39.5 Å². The van der Waals surface area contributed by atoms with E-state index >= 15 is 0 Å². The van der Waals surface area contributed by atoms with Crippen LogP contribution >= 0.6 is 0 Å². The molecule has 8 heteroatoms. The molecule has 0 saturated carbocycles. The van der Waals surface area contributed by atoms with E-state index in [0.717, 1.165) is 0 Å². The zero-order chi connectivity index (χ0) is 16.5. The first-order chi connectivity index (χ1) is 10.3. The molecular weight excluding hydrogens is 290 g/mol. The normalized spacial score (nSPS) is 20.7. The van der Waals surface area contributed by atoms with Crippen molar-refractivity contribution in [2.45, 2.75) is 51.1 Å². The third-order valence-electron chi connectivity index (χ3n) is 4.23. The predicted octanol–water partition coefficient (Wildman–Crippen LogP) is 0.173. The average Bonchev–Trinajstić information content (AvgIpc) is 2.68. The molecule has 2 rings (SSSR count). The van der Waals surface area contributed by atoms with Gasteiger partial charge in [0.05, 0.1) is 6.42 Å². The summed E-state index contributed by atoms with van der Waals surface area (Å²) < 4.78 is 0. The molecule has 0 aromatic heterocycles. The first-order valence-corrected chi connectivity index (χ1v) is 7.42. The quantitative estimate of drug-likeness (QED) is 0.720. The van der Waals surface area contributed by atoms with Gasteiger partial charge >= 0.3 is 12.0 Å². The molecule has 4 amide bonds. The van der Waals surface area contributed by atoms with Gasteiger partial charge in [-0.1, -0.05) is 0 Å². The molecule has 22 heavy (non-hydrogen) atoms. The molecule has 122 valence electrons. The second kappa shape index (κ2) is 5.94. The van der Waals surface area contributed by atoms with Gasteiger partial charge < -0.3 is 15.3 Å². The number of hydrogen-bond donors (Lipinski definition) is 2. The number of nitrogens with one attached hydrogen (secondary N) is 1. The van der Waals surface area contributed by atoms with Crippen molar-refractivity contribution in [2.75, 3.05) is 13.1 Å². The summed E-state index contributed by atoms with van der Waals surface area (Å²) >= 11 is 0. The third kappa shape index (κ3) is 2.90. The number of likely N-dealkylation sites (tertiary alicyclic amines) is 1. The average molecular weight is 311 g/mol. The lowest BCUT2D eigenvalue weighted by Gasteiger charge is -2.37. The molecule has 2 aliphatic rings. The lowest BCUT2D eigenvalue weighted by atomic mass is 9.87. The van der Waals surface area contributed by atoms with Crippen LogP contribution in [0.3, 0.4) is 0 Å². The highest BCUT2D eigenvalue weighted by molar-refractivity contribution is 6.07. The molecule has 0 aliphatic carbocycles. The van der Waals surface area contributed by atoms with Crippen molar-refractivity contribution in [3.8, 4) is 0 Å². The number of urea groups is 1. The number of carbonyl (C=O) groups excluding carboxylic acids is 3. The minimum atomic E-state index is -1.01. The van der Waals surface area contributed by atoms with Crippen LogP contribution in [-0.4, -0.2) is 63.4 Å². The van der Waals surface area contributed by atoms with Crippen molar-refractivity contribution in [1.82, 2.24) is 15.1 Å². The van der Waals surface area contributed by atoms with E-state index in [0.29, 0.717) is 25.9 Å². The molecule has 2 fully saturated rings. The third-order valence-corrected chi connectivity index (χ3v) is 4.23. The molecule has 0 radical (unpaired) electrons. The fraction of sp³-hybridized carbons (Fsp3) is 0.714. The zero-order valence-corrected chi connectivity index (χ0v) is 12.8. The number of amides is 4. The number of carboxylic acid groups (broad SMARTS) is 1. The molecular formula is C14H21N3O5. The molecule has 0 unspecified atom stereocenters. The monoisotopic (exact) mass is 311 g/mol. The molecule has 2 N–H and O–H groups in total. The lowest BCUT2D eigenvalue weighted by Crippen LogP contribution is -2.56. The molecule has 0 bridgehead atoms. The SMILES string of the molecule is CC(C)N1C(=O)NC2(CCN(C(=O)CCC(=O)O)CC2)C1=O. The fourth-order valence-electron chi connectivity index (χ4n) is 2.96. The minimum absolute atomic E-state index is 0.0409. The first-order valence-electron chi connectivity index (χ1n) is 7.42. The zero-order valence-electron chi connectivity index (χ0n) is 12.8. The summed E-state index contributed by atoms with van der Waals surface area (Å²) in [6, 6.07) is -0.590. The Morgan fingerprint density at radius 1 is 1.23 bits per heavy atom. The Balaban J connectivity index is 1.97. The van der Waals surface area contributed by atoms with Gasteiger partial charge in [0.1, 0.15) is 5.54 Å². The number of carboxylic acids is 1. The topological polar surface area (TPSA) is 107 Å². The maximum absolute atomic E-state index is 12.5. The summed E-state index contributed by atoms with van der Waals surface area (Å²) in [5, 5.41) is 11.4. The maximum Gasteiger partial charge on any atom is 0.325 e. The van der Waals surface area contributed by atoms with Crippen LogP contribution in [0.5, 0.6) is 0 Å². The molecule has 0 aromatic carbocycles. The van der Waals surface area contributed by atoms with Gasteiger partial charge in [0, 0.05) is 25.6 Å². The standard InChI is InChI=1S/C14H21N3O5/c1-9(2)17-12(21)14(15-13(17)22)5-7-16(8-6-14)10(18)3-4-11(19)20/h9H,3-8H2,1-2H3,(H,15,22)(H,19,20). The summed E-state index contributed by atoms with van der Waals surface area (Å²) in [6.07, 6.45) is 0.483. The molecule has 0 aromatic rings. The summed E-state index contributed by atoms with van der Waals surface area (Å²) in [5.74, 6) is -1.47. The van der Waals surface area contributed by atoms with E-state index in [1.807, 2.05) is 0 Å². The molecule has 0 atom stereocenters.